The lowest BCUT2D eigenvalue weighted by atomic mass is 10.2. The topological polar surface area (TPSA) is 109 Å². The van der Waals surface area contributed by atoms with Gasteiger partial charge in [-0.1, -0.05) is 23.2 Å². The second-order valence-corrected chi connectivity index (χ2v) is 4.88. The summed E-state index contributed by atoms with van der Waals surface area (Å²) in [7, 11) is 0. The maximum atomic E-state index is 11.8. The quantitative estimate of drug-likeness (QED) is 0.802. The fourth-order valence-electron chi connectivity index (χ4n) is 1.66. The molecule has 0 aliphatic rings. The Labute approximate surface area is 123 Å². The minimum absolute atomic E-state index is 0.0885. The Kier molecular flexibility index (Phi) is 3.96. The molecule has 0 radical (unpaired) electrons. The van der Waals surface area contributed by atoms with Crippen LogP contribution in [0.4, 0.5) is 5.82 Å². The number of aromatic nitrogens is 2. The molecule has 8 heteroatoms. The van der Waals surface area contributed by atoms with Gasteiger partial charge in [-0.15, -0.1) is 0 Å². The number of nitrogen functional groups attached to an aromatic ring is 1. The Balaban J connectivity index is 2.54. The summed E-state index contributed by atoms with van der Waals surface area (Å²) in [4.78, 5) is 28.9. The number of carboxylic acid groups (broad SMARTS) is 1. The number of halogens is 2. The van der Waals surface area contributed by atoms with Gasteiger partial charge in [-0.3, -0.25) is 9.59 Å². The molecule has 1 heterocycles. The molecule has 2 aromatic rings. The van der Waals surface area contributed by atoms with E-state index >= 15 is 0 Å². The Morgan fingerprint density at radius 2 is 1.90 bits per heavy atom. The van der Waals surface area contributed by atoms with Gasteiger partial charge in [0.2, 0.25) is 0 Å². The van der Waals surface area contributed by atoms with Gasteiger partial charge in [0.1, 0.15) is 11.6 Å². The van der Waals surface area contributed by atoms with Gasteiger partial charge in [0.05, 0.1) is 12.0 Å². The molecule has 20 heavy (non-hydrogen) atoms. The Bertz CT molecular complexity index is 723. The molecule has 0 aliphatic heterocycles. The van der Waals surface area contributed by atoms with Crippen LogP contribution in [-0.2, 0) is 11.2 Å². The van der Waals surface area contributed by atoms with Gasteiger partial charge in [-0.05, 0) is 18.2 Å². The molecule has 0 saturated heterocycles. The summed E-state index contributed by atoms with van der Waals surface area (Å²) >= 11 is 11.7. The molecule has 0 aliphatic carbocycles. The van der Waals surface area contributed by atoms with Crippen LogP contribution in [0.2, 0.25) is 10.0 Å². The highest BCUT2D eigenvalue weighted by Gasteiger charge is 2.13. The van der Waals surface area contributed by atoms with Crippen molar-refractivity contribution < 1.29 is 9.90 Å². The normalized spacial score (nSPS) is 10.5. The number of H-pyrrole nitrogens is 1. The number of aliphatic carboxylic acids is 1. The van der Waals surface area contributed by atoms with E-state index in [9.17, 15) is 9.59 Å². The van der Waals surface area contributed by atoms with E-state index in [0.717, 1.165) is 0 Å². The largest absolute Gasteiger partial charge is 0.481 e. The Morgan fingerprint density at radius 1 is 1.30 bits per heavy atom. The monoisotopic (exact) mass is 313 g/mol. The summed E-state index contributed by atoms with van der Waals surface area (Å²) in [6, 6.07) is 4.65. The van der Waals surface area contributed by atoms with Crippen LogP contribution in [0, 0.1) is 0 Å². The zero-order chi connectivity index (χ0) is 14.9. The van der Waals surface area contributed by atoms with Gasteiger partial charge in [0.15, 0.2) is 0 Å². The van der Waals surface area contributed by atoms with Crippen molar-refractivity contribution in [3.05, 3.63) is 44.2 Å². The van der Waals surface area contributed by atoms with Gasteiger partial charge in [0, 0.05) is 15.6 Å². The first-order chi connectivity index (χ1) is 9.36. The first kappa shape index (κ1) is 14.4. The highest BCUT2D eigenvalue weighted by atomic mass is 35.5. The summed E-state index contributed by atoms with van der Waals surface area (Å²) in [6.45, 7) is 0. The van der Waals surface area contributed by atoms with E-state index in [4.69, 9.17) is 34.0 Å². The lowest BCUT2D eigenvalue weighted by molar-refractivity contribution is -0.136. The predicted molar refractivity (Wildman–Crippen MR) is 76.1 cm³/mol. The van der Waals surface area contributed by atoms with Crippen LogP contribution in [-0.4, -0.2) is 21.0 Å². The van der Waals surface area contributed by atoms with Gasteiger partial charge in [-0.25, -0.2) is 4.98 Å². The van der Waals surface area contributed by atoms with E-state index in [1.807, 2.05) is 0 Å². The first-order valence-electron chi connectivity index (χ1n) is 5.43. The standard InChI is InChI=1S/C12H9Cl2N3O3/c13-6-1-5(2-7(14)3-6)11-16-10(15)8(4-9(18)19)12(20)17-11/h1-3H,4H2,(H,18,19)(H3,15,16,17,20). The van der Waals surface area contributed by atoms with Crippen molar-refractivity contribution in [2.24, 2.45) is 0 Å². The summed E-state index contributed by atoms with van der Waals surface area (Å²) < 4.78 is 0. The van der Waals surface area contributed by atoms with E-state index in [-0.39, 0.29) is 17.2 Å². The maximum absolute atomic E-state index is 11.8. The summed E-state index contributed by atoms with van der Waals surface area (Å²) in [5, 5.41) is 9.46. The minimum Gasteiger partial charge on any atom is -0.481 e. The van der Waals surface area contributed by atoms with Crippen LogP contribution < -0.4 is 11.3 Å². The van der Waals surface area contributed by atoms with Crippen molar-refractivity contribution >= 4 is 35.0 Å². The number of anilines is 1. The lowest BCUT2D eigenvalue weighted by Crippen LogP contribution is -2.21. The number of rotatable bonds is 3. The van der Waals surface area contributed by atoms with Gasteiger partial charge < -0.3 is 15.8 Å². The van der Waals surface area contributed by atoms with Crippen LogP contribution in [0.3, 0.4) is 0 Å². The average Bonchev–Trinajstić information content (AvgIpc) is 2.32. The smallest absolute Gasteiger partial charge is 0.308 e. The van der Waals surface area contributed by atoms with Crippen molar-refractivity contribution in [1.82, 2.24) is 9.97 Å². The van der Waals surface area contributed by atoms with E-state index in [1.54, 1.807) is 12.1 Å². The number of aromatic amines is 1. The number of carbonyl (C=O) groups is 1. The Hall–Kier alpha value is -2.05. The molecule has 0 atom stereocenters. The maximum Gasteiger partial charge on any atom is 0.308 e. The average molecular weight is 314 g/mol. The molecule has 0 unspecified atom stereocenters. The van der Waals surface area contributed by atoms with Crippen LogP contribution in [0.15, 0.2) is 23.0 Å². The SMILES string of the molecule is Nc1nc(-c2cc(Cl)cc(Cl)c2)[nH]c(=O)c1CC(=O)O. The molecule has 0 spiro atoms. The zero-order valence-electron chi connectivity index (χ0n) is 9.98. The highest BCUT2D eigenvalue weighted by Crippen LogP contribution is 2.25. The Morgan fingerprint density at radius 3 is 2.40 bits per heavy atom. The molecule has 0 saturated carbocycles. The number of nitrogens with two attached hydrogens (primary N) is 1. The molecule has 1 aromatic heterocycles. The molecule has 104 valence electrons. The second kappa shape index (κ2) is 5.52. The summed E-state index contributed by atoms with van der Waals surface area (Å²) in [6.07, 6.45) is -0.495. The van der Waals surface area contributed by atoms with E-state index in [2.05, 4.69) is 9.97 Å². The molecular formula is C12H9Cl2N3O3. The van der Waals surface area contributed by atoms with Crippen LogP contribution in [0.5, 0.6) is 0 Å². The summed E-state index contributed by atoms with van der Waals surface area (Å²) in [5.74, 6) is -1.13. The highest BCUT2D eigenvalue weighted by molar-refractivity contribution is 6.35. The molecule has 0 amide bonds. The van der Waals surface area contributed by atoms with E-state index in [0.29, 0.717) is 15.6 Å². The third kappa shape index (κ3) is 3.09. The fourth-order valence-corrected chi connectivity index (χ4v) is 2.19. The number of hydrogen-bond donors (Lipinski definition) is 3. The molecular weight excluding hydrogens is 305 g/mol. The number of benzene rings is 1. The summed E-state index contributed by atoms with van der Waals surface area (Å²) in [5.41, 5.74) is 5.41. The minimum atomic E-state index is -1.16. The van der Waals surface area contributed by atoms with Gasteiger partial charge in [0.25, 0.3) is 5.56 Å². The molecule has 6 nitrogen and oxygen atoms in total. The number of carboxylic acids is 1. The first-order valence-corrected chi connectivity index (χ1v) is 6.19. The third-order valence-corrected chi connectivity index (χ3v) is 2.95. The van der Waals surface area contributed by atoms with Crippen LogP contribution in [0.1, 0.15) is 5.56 Å². The molecule has 0 bridgehead atoms. The van der Waals surface area contributed by atoms with Crippen LogP contribution >= 0.6 is 23.2 Å². The predicted octanol–water partition coefficient (Wildman–Crippen LogP) is 1.95. The van der Waals surface area contributed by atoms with Crippen LogP contribution in [0.25, 0.3) is 11.4 Å². The van der Waals surface area contributed by atoms with E-state index < -0.39 is 17.9 Å². The van der Waals surface area contributed by atoms with Crippen molar-refractivity contribution in [3.63, 3.8) is 0 Å². The molecule has 0 fully saturated rings. The second-order valence-electron chi connectivity index (χ2n) is 4.01. The van der Waals surface area contributed by atoms with Gasteiger partial charge in [-0.2, -0.15) is 0 Å². The van der Waals surface area contributed by atoms with Crippen molar-refractivity contribution in [2.75, 3.05) is 5.73 Å². The van der Waals surface area contributed by atoms with Crippen molar-refractivity contribution in [2.45, 2.75) is 6.42 Å². The number of hydrogen-bond acceptors (Lipinski definition) is 4. The molecule has 2 rings (SSSR count). The molecule has 4 N–H and O–H groups in total. The fraction of sp³-hybridized carbons (Fsp3) is 0.0833. The zero-order valence-corrected chi connectivity index (χ0v) is 11.5. The van der Waals surface area contributed by atoms with E-state index in [1.165, 1.54) is 6.07 Å². The molecule has 1 aromatic carbocycles. The number of nitrogens with one attached hydrogen (secondary N) is 1. The van der Waals surface area contributed by atoms with Crippen molar-refractivity contribution in [3.8, 4) is 11.4 Å². The number of nitrogens with zero attached hydrogens (tertiary/aromatic N) is 1. The third-order valence-electron chi connectivity index (χ3n) is 2.51. The lowest BCUT2D eigenvalue weighted by Gasteiger charge is -2.06. The van der Waals surface area contributed by atoms with Crippen molar-refractivity contribution in [1.29, 1.82) is 0 Å². The van der Waals surface area contributed by atoms with Gasteiger partial charge >= 0.3 is 5.97 Å².